The van der Waals surface area contributed by atoms with Gasteiger partial charge in [-0.2, -0.15) is 0 Å². The van der Waals surface area contributed by atoms with Gasteiger partial charge in [-0.25, -0.2) is 0 Å². The quantitative estimate of drug-likeness (QED) is 0.825. The topological polar surface area (TPSA) is 21.3 Å². The first-order valence-electron chi connectivity index (χ1n) is 5.71. The Kier molecular flexibility index (Phi) is 5.64. The second-order valence-corrected chi connectivity index (χ2v) is 4.87. The molecule has 1 rings (SSSR count). The van der Waals surface area contributed by atoms with Crippen molar-refractivity contribution in [2.75, 3.05) is 13.1 Å². The third-order valence-corrected chi connectivity index (χ3v) is 2.35. The minimum Gasteiger partial charge on any atom is -0.489 e. The maximum Gasteiger partial charge on any atom is 0.121 e. The highest BCUT2D eigenvalue weighted by Gasteiger charge is 2.04. The molecule has 0 saturated heterocycles. The Morgan fingerprint density at radius 1 is 1.25 bits per heavy atom. The Bertz CT molecular complexity index is 315. The van der Waals surface area contributed by atoms with E-state index in [1.807, 2.05) is 31.2 Å². The van der Waals surface area contributed by atoms with E-state index < -0.39 is 0 Å². The number of halogens is 1. The second-order valence-electron chi connectivity index (χ2n) is 4.44. The van der Waals surface area contributed by atoms with Crippen LogP contribution in [-0.2, 0) is 0 Å². The van der Waals surface area contributed by atoms with Gasteiger partial charge in [-0.15, -0.1) is 0 Å². The van der Waals surface area contributed by atoms with E-state index in [-0.39, 0.29) is 6.10 Å². The van der Waals surface area contributed by atoms with Crippen molar-refractivity contribution < 1.29 is 4.74 Å². The average Bonchev–Trinajstić information content (AvgIpc) is 2.16. The van der Waals surface area contributed by atoms with Gasteiger partial charge in [0.1, 0.15) is 11.9 Å². The first-order valence-corrected chi connectivity index (χ1v) is 6.08. The van der Waals surface area contributed by atoms with Crippen molar-refractivity contribution in [3.8, 4) is 5.75 Å². The lowest BCUT2D eigenvalue weighted by Gasteiger charge is -2.16. The molecule has 0 aliphatic carbocycles. The summed E-state index contributed by atoms with van der Waals surface area (Å²) in [6, 6.07) is 7.49. The third kappa shape index (κ3) is 5.38. The fourth-order valence-electron chi connectivity index (χ4n) is 1.39. The molecule has 0 aliphatic heterocycles. The summed E-state index contributed by atoms with van der Waals surface area (Å²) >= 11 is 5.88. The molecule has 3 heteroatoms. The molecular formula is C13H20ClNO. The van der Waals surface area contributed by atoms with Crippen LogP contribution in [0.2, 0.25) is 5.02 Å². The number of benzene rings is 1. The van der Waals surface area contributed by atoms with Crippen LogP contribution in [0.4, 0.5) is 0 Å². The van der Waals surface area contributed by atoms with E-state index >= 15 is 0 Å². The fourth-order valence-corrected chi connectivity index (χ4v) is 1.57. The smallest absolute Gasteiger partial charge is 0.121 e. The molecule has 1 aromatic rings. The molecule has 0 heterocycles. The van der Waals surface area contributed by atoms with E-state index in [1.54, 1.807) is 0 Å². The molecule has 0 fully saturated rings. The summed E-state index contributed by atoms with van der Waals surface area (Å²) in [5, 5.41) is 4.07. The van der Waals surface area contributed by atoms with Crippen LogP contribution in [0, 0.1) is 5.92 Å². The van der Waals surface area contributed by atoms with Gasteiger partial charge in [0.2, 0.25) is 0 Å². The monoisotopic (exact) mass is 241 g/mol. The summed E-state index contributed by atoms with van der Waals surface area (Å²) in [5.74, 6) is 1.49. The molecule has 0 bridgehead atoms. The van der Waals surface area contributed by atoms with Crippen LogP contribution in [0.3, 0.4) is 0 Å². The summed E-state index contributed by atoms with van der Waals surface area (Å²) in [6.07, 6.45) is 0.150. The highest BCUT2D eigenvalue weighted by atomic mass is 35.5. The second kappa shape index (κ2) is 6.77. The number of hydrogen-bond donors (Lipinski definition) is 1. The Balaban J connectivity index is 2.31. The van der Waals surface area contributed by atoms with Gasteiger partial charge < -0.3 is 10.1 Å². The Morgan fingerprint density at radius 3 is 2.62 bits per heavy atom. The van der Waals surface area contributed by atoms with Crippen LogP contribution in [0.5, 0.6) is 5.75 Å². The van der Waals surface area contributed by atoms with Crippen molar-refractivity contribution in [2.45, 2.75) is 26.9 Å². The minimum atomic E-state index is 0.150. The van der Waals surface area contributed by atoms with E-state index in [2.05, 4.69) is 19.2 Å². The third-order valence-electron chi connectivity index (χ3n) is 2.12. The SMILES string of the molecule is CC(C)CNCC(C)Oc1cccc(Cl)c1. The van der Waals surface area contributed by atoms with Crippen molar-refractivity contribution in [1.82, 2.24) is 5.32 Å². The molecule has 0 spiro atoms. The van der Waals surface area contributed by atoms with E-state index in [0.717, 1.165) is 18.8 Å². The molecule has 0 amide bonds. The fraction of sp³-hybridized carbons (Fsp3) is 0.538. The van der Waals surface area contributed by atoms with Gasteiger partial charge in [-0.3, -0.25) is 0 Å². The normalized spacial score (nSPS) is 12.8. The predicted octanol–water partition coefficient (Wildman–Crippen LogP) is 3.35. The van der Waals surface area contributed by atoms with Gasteiger partial charge in [0.15, 0.2) is 0 Å². The lowest BCUT2D eigenvalue weighted by molar-refractivity contribution is 0.215. The number of nitrogens with one attached hydrogen (secondary N) is 1. The van der Waals surface area contributed by atoms with Crippen LogP contribution >= 0.6 is 11.6 Å². The summed E-state index contributed by atoms with van der Waals surface area (Å²) in [5.41, 5.74) is 0. The Hall–Kier alpha value is -0.730. The average molecular weight is 242 g/mol. The molecule has 2 nitrogen and oxygen atoms in total. The zero-order valence-corrected chi connectivity index (χ0v) is 10.9. The van der Waals surface area contributed by atoms with Crippen molar-refractivity contribution in [1.29, 1.82) is 0 Å². The van der Waals surface area contributed by atoms with Crippen molar-refractivity contribution in [2.24, 2.45) is 5.92 Å². The molecule has 0 radical (unpaired) electrons. The van der Waals surface area contributed by atoms with Crippen LogP contribution in [0.15, 0.2) is 24.3 Å². The minimum absolute atomic E-state index is 0.150. The molecule has 1 unspecified atom stereocenters. The molecule has 0 aromatic heterocycles. The molecule has 1 atom stereocenters. The lowest BCUT2D eigenvalue weighted by atomic mass is 10.2. The van der Waals surface area contributed by atoms with Crippen molar-refractivity contribution >= 4 is 11.6 Å². The highest BCUT2D eigenvalue weighted by Crippen LogP contribution is 2.18. The van der Waals surface area contributed by atoms with Crippen LogP contribution in [-0.4, -0.2) is 19.2 Å². The predicted molar refractivity (Wildman–Crippen MR) is 69.2 cm³/mol. The maximum absolute atomic E-state index is 5.88. The van der Waals surface area contributed by atoms with Crippen LogP contribution in [0.1, 0.15) is 20.8 Å². The summed E-state index contributed by atoms with van der Waals surface area (Å²) < 4.78 is 5.73. The van der Waals surface area contributed by atoms with Crippen molar-refractivity contribution in [3.05, 3.63) is 29.3 Å². The summed E-state index contributed by atoms with van der Waals surface area (Å²) in [6.45, 7) is 8.30. The van der Waals surface area contributed by atoms with Gasteiger partial charge >= 0.3 is 0 Å². The number of hydrogen-bond acceptors (Lipinski definition) is 2. The molecule has 1 N–H and O–H groups in total. The van der Waals surface area contributed by atoms with Gasteiger partial charge in [-0.05, 0) is 37.6 Å². The maximum atomic E-state index is 5.88. The molecule has 1 aromatic carbocycles. The standard InChI is InChI=1S/C13H20ClNO/c1-10(2)8-15-9-11(3)16-13-6-4-5-12(14)7-13/h4-7,10-11,15H,8-9H2,1-3H3. The van der Waals surface area contributed by atoms with Crippen molar-refractivity contribution in [3.63, 3.8) is 0 Å². The lowest BCUT2D eigenvalue weighted by Crippen LogP contribution is -2.31. The van der Waals surface area contributed by atoms with Gasteiger partial charge in [-0.1, -0.05) is 31.5 Å². The molecule has 0 saturated carbocycles. The Labute approximate surface area is 103 Å². The number of ether oxygens (including phenoxy) is 1. The zero-order valence-electron chi connectivity index (χ0n) is 10.2. The molecule has 16 heavy (non-hydrogen) atoms. The number of rotatable bonds is 6. The van der Waals surface area contributed by atoms with E-state index in [9.17, 15) is 0 Å². The Morgan fingerprint density at radius 2 is 2.00 bits per heavy atom. The summed E-state index contributed by atoms with van der Waals surface area (Å²) in [7, 11) is 0. The van der Waals surface area contributed by atoms with Gasteiger partial charge in [0.05, 0.1) is 0 Å². The largest absolute Gasteiger partial charge is 0.489 e. The molecule has 0 aliphatic rings. The van der Waals surface area contributed by atoms with Gasteiger partial charge in [0, 0.05) is 11.6 Å². The highest BCUT2D eigenvalue weighted by molar-refractivity contribution is 6.30. The molecular weight excluding hydrogens is 222 g/mol. The molecule has 90 valence electrons. The first-order chi connectivity index (χ1) is 7.58. The van der Waals surface area contributed by atoms with E-state index in [4.69, 9.17) is 16.3 Å². The summed E-state index contributed by atoms with van der Waals surface area (Å²) in [4.78, 5) is 0. The van der Waals surface area contributed by atoms with E-state index in [0.29, 0.717) is 10.9 Å². The van der Waals surface area contributed by atoms with Gasteiger partial charge in [0.25, 0.3) is 0 Å². The first kappa shape index (κ1) is 13.3. The zero-order chi connectivity index (χ0) is 12.0. The van der Waals surface area contributed by atoms with E-state index in [1.165, 1.54) is 0 Å². The van der Waals surface area contributed by atoms with Crippen LogP contribution in [0.25, 0.3) is 0 Å². The van der Waals surface area contributed by atoms with Crippen LogP contribution < -0.4 is 10.1 Å².